The van der Waals surface area contributed by atoms with Gasteiger partial charge in [-0.1, -0.05) is 23.7 Å². The van der Waals surface area contributed by atoms with E-state index in [2.05, 4.69) is 10.6 Å². The smallest absolute Gasteiger partial charge is 0.225 e. The van der Waals surface area contributed by atoms with E-state index in [9.17, 15) is 22.0 Å². The average Bonchev–Trinajstić information content (AvgIpc) is 2.72. The van der Waals surface area contributed by atoms with Gasteiger partial charge in [0.1, 0.15) is 21.5 Å². The number of aryl methyl sites for hydroxylation is 1. The molecule has 0 aliphatic rings. The van der Waals surface area contributed by atoms with Gasteiger partial charge in [0.05, 0.1) is 11.4 Å². The standard InChI is InChI=1S/C24H23ClF2N2O3S/c1-15-3-6-19(29-24(30)9-10-33(2,31)32)12-17(15)11-16-4-7-20(14-21(16)25)28-23-8-5-18(26)13-22(23)27/h3-8,12-14,28H,9-11H2,1-2H3,(H,29,30). The molecule has 0 aliphatic heterocycles. The van der Waals surface area contributed by atoms with E-state index in [1.165, 1.54) is 6.07 Å². The van der Waals surface area contributed by atoms with E-state index >= 15 is 0 Å². The SMILES string of the molecule is Cc1ccc(NC(=O)CCS(C)(=O)=O)cc1Cc1ccc(Nc2ccc(F)cc2F)cc1Cl. The van der Waals surface area contributed by atoms with Crippen LogP contribution < -0.4 is 10.6 Å². The Labute approximate surface area is 196 Å². The highest BCUT2D eigenvalue weighted by Gasteiger charge is 2.11. The van der Waals surface area contributed by atoms with E-state index in [1.54, 1.807) is 18.2 Å². The number of carbonyl (C=O) groups is 1. The van der Waals surface area contributed by atoms with Gasteiger partial charge >= 0.3 is 0 Å². The van der Waals surface area contributed by atoms with Crippen molar-refractivity contribution < 1.29 is 22.0 Å². The van der Waals surface area contributed by atoms with Gasteiger partial charge in [-0.05, 0) is 66.4 Å². The summed E-state index contributed by atoms with van der Waals surface area (Å²) in [5, 5.41) is 6.06. The maximum Gasteiger partial charge on any atom is 0.225 e. The largest absolute Gasteiger partial charge is 0.353 e. The van der Waals surface area contributed by atoms with Gasteiger partial charge in [-0.15, -0.1) is 0 Å². The Balaban J connectivity index is 1.72. The number of rotatable bonds is 8. The molecule has 174 valence electrons. The van der Waals surface area contributed by atoms with Gasteiger partial charge in [0.25, 0.3) is 0 Å². The molecule has 5 nitrogen and oxygen atoms in total. The summed E-state index contributed by atoms with van der Waals surface area (Å²) in [4.78, 5) is 12.0. The van der Waals surface area contributed by atoms with Crippen LogP contribution in [0.4, 0.5) is 25.8 Å². The lowest BCUT2D eigenvalue weighted by Gasteiger charge is -2.13. The summed E-state index contributed by atoms with van der Waals surface area (Å²) in [5.41, 5.74) is 4.01. The summed E-state index contributed by atoms with van der Waals surface area (Å²) < 4.78 is 49.5. The van der Waals surface area contributed by atoms with Crippen LogP contribution in [0.5, 0.6) is 0 Å². The second-order valence-electron chi connectivity index (χ2n) is 7.80. The summed E-state index contributed by atoms with van der Waals surface area (Å²) in [6.45, 7) is 1.94. The van der Waals surface area contributed by atoms with Crippen LogP contribution in [-0.2, 0) is 21.1 Å². The van der Waals surface area contributed by atoms with Gasteiger partial charge in [0.2, 0.25) is 5.91 Å². The number of anilines is 3. The Kier molecular flexibility index (Phi) is 7.71. The van der Waals surface area contributed by atoms with Crippen molar-refractivity contribution in [1.82, 2.24) is 0 Å². The molecular weight excluding hydrogens is 470 g/mol. The van der Waals surface area contributed by atoms with Crippen LogP contribution in [-0.4, -0.2) is 26.3 Å². The lowest BCUT2D eigenvalue weighted by atomic mass is 9.99. The molecule has 0 bridgehead atoms. The molecule has 0 saturated heterocycles. The minimum Gasteiger partial charge on any atom is -0.353 e. The zero-order valence-electron chi connectivity index (χ0n) is 18.1. The fraction of sp³-hybridized carbons (Fsp3) is 0.208. The molecule has 9 heteroatoms. The van der Waals surface area contributed by atoms with E-state index in [0.717, 1.165) is 35.1 Å². The topological polar surface area (TPSA) is 75.3 Å². The average molecular weight is 493 g/mol. The number of hydrogen-bond acceptors (Lipinski definition) is 4. The van der Waals surface area contributed by atoms with Crippen LogP contribution in [0.15, 0.2) is 54.6 Å². The molecule has 2 N–H and O–H groups in total. The number of benzene rings is 3. The first-order valence-electron chi connectivity index (χ1n) is 10.1. The first-order valence-corrected chi connectivity index (χ1v) is 12.5. The number of carbonyl (C=O) groups excluding carboxylic acids is 1. The van der Waals surface area contributed by atoms with Crippen molar-refractivity contribution in [3.63, 3.8) is 0 Å². The third-order valence-corrected chi connectivity index (χ3v) is 6.27. The number of amides is 1. The van der Waals surface area contributed by atoms with Gasteiger partial charge in [-0.25, -0.2) is 17.2 Å². The first-order chi connectivity index (χ1) is 15.5. The highest BCUT2D eigenvalue weighted by Crippen LogP contribution is 2.28. The van der Waals surface area contributed by atoms with Gasteiger partial charge in [0, 0.05) is 35.1 Å². The molecule has 0 atom stereocenters. The summed E-state index contributed by atoms with van der Waals surface area (Å²) in [6.07, 6.45) is 1.46. The molecule has 0 aliphatic carbocycles. The van der Waals surface area contributed by atoms with E-state index in [4.69, 9.17) is 11.6 Å². The minimum absolute atomic E-state index is 0.114. The van der Waals surface area contributed by atoms with Gasteiger partial charge in [-0.2, -0.15) is 0 Å². The molecular formula is C24H23ClF2N2O3S. The van der Waals surface area contributed by atoms with Crippen LogP contribution in [0.3, 0.4) is 0 Å². The maximum absolute atomic E-state index is 13.9. The van der Waals surface area contributed by atoms with Crippen LogP contribution in [0, 0.1) is 18.6 Å². The van der Waals surface area contributed by atoms with Crippen molar-refractivity contribution in [2.75, 3.05) is 22.6 Å². The Morgan fingerprint density at radius 2 is 1.70 bits per heavy atom. The normalized spacial score (nSPS) is 11.3. The summed E-state index contributed by atoms with van der Waals surface area (Å²) in [7, 11) is -3.22. The van der Waals surface area contributed by atoms with E-state index in [1.807, 2.05) is 25.1 Å². The van der Waals surface area contributed by atoms with E-state index in [0.29, 0.717) is 22.8 Å². The van der Waals surface area contributed by atoms with Crippen LogP contribution in [0.25, 0.3) is 0 Å². The Morgan fingerprint density at radius 3 is 2.36 bits per heavy atom. The zero-order chi connectivity index (χ0) is 24.2. The fourth-order valence-corrected chi connectivity index (χ4v) is 3.96. The Hall–Kier alpha value is -2.97. The molecule has 3 aromatic rings. The zero-order valence-corrected chi connectivity index (χ0v) is 19.7. The molecule has 0 heterocycles. The molecule has 0 saturated carbocycles. The number of hydrogen-bond donors (Lipinski definition) is 2. The molecule has 33 heavy (non-hydrogen) atoms. The molecule has 0 radical (unpaired) electrons. The summed E-state index contributed by atoms with van der Waals surface area (Å²) >= 11 is 6.45. The summed E-state index contributed by atoms with van der Waals surface area (Å²) in [6, 6.07) is 13.9. The minimum atomic E-state index is -3.22. The van der Waals surface area contributed by atoms with Gasteiger partial charge < -0.3 is 10.6 Å². The quantitative estimate of drug-likeness (QED) is 0.427. The highest BCUT2D eigenvalue weighted by atomic mass is 35.5. The van der Waals surface area contributed by atoms with Crippen molar-refractivity contribution >= 4 is 44.4 Å². The second-order valence-corrected chi connectivity index (χ2v) is 10.5. The van der Waals surface area contributed by atoms with Crippen molar-refractivity contribution in [1.29, 1.82) is 0 Å². The first kappa shape index (κ1) is 24.7. The van der Waals surface area contributed by atoms with Crippen LogP contribution >= 0.6 is 11.6 Å². The van der Waals surface area contributed by atoms with Crippen molar-refractivity contribution in [2.45, 2.75) is 19.8 Å². The van der Waals surface area contributed by atoms with E-state index < -0.39 is 21.5 Å². The molecule has 3 aromatic carbocycles. The van der Waals surface area contributed by atoms with Gasteiger partial charge in [-0.3, -0.25) is 4.79 Å². The van der Waals surface area contributed by atoms with E-state index in [-0.39, 0.29) is 23.8 Å². The van der Waals surface area contributed by atoms with Crippen LogP contribution in [0.2, 0.25) is 5.02 Å². The Bertz CT molecular complexity index is 1300. The predicted molar refractivity (Wildman–Crippen MR) is 128 cm³/mol. The van der Waals surface area contributed by atoms with Crippen LogP contribution in [0.1, 0.15) is 23.1 Å². The fourth-order valence-electron chi connectivity index (χ4n) is 3.16. The number of halogens is 3. The van der Waals surface area contributed by atoms with Crippen molar-refractivity contribution in [3.05, 3.63) is 87.9 Å². The summed E-state index contributed by atoms with van der Waals surface area (Å²) in [5.74, 6) is -1.96. The lowest BCUT2D eigenvalue weighted by molar-refractivity contribution is -0.115. The number of nitrogens with one attached hydrogen (secondary N) is 2. The highest BCUT2D eigenvalue weighted by molar-refractivity contribution is 7.90. The van der Waals surface area contributed by atoms with Crippen molar-refractivity contribution in [2.24, 2.45) is 0 Å². The molecule has 0 aromatic heterocycles. The monoisotopic (exact) mass is 492 g/mol. The van der Waals surface area contributed by atoms with Gasteiger partial charge in [0.15, 0.2) is 0 Å². The molecule has 0 fully saturated rings. The molecule has 1 amide bonds. The molecule has 3 rings (SSSR count). The molecule has 0 spiro atoms. The second kappa shape index (κ2) is 10.3. The van der Waals surface area contributed by atoms with Crippen molar-refractivity contribution in [3.8, 4) is 0 Å². The maximum atomic E-state index is 13.9. The Morgan fingerprint density at radius 1 is 0.970 bits per heavy atom. The number of sulfone groups is 1. The predicted octanol–water partition coefficient (Wildman–Crippen LogP) is 5.63. The third kappa shape index (κ3) is 7.27. The molecule has 0 unspecified atom stereocenters. The lowest BCUT2D eigenvalue weighted by Crippen LogP contribution is -2.16. The third-order valence-electron chi connectivity index (χ3n) is 4.98.